The number of benzene rings is 1. The third-order valence-corrected chi connectivity index (χ3v) is 3.33. The van der Waals surface area contributed by atoms with E-state index in [0.717, 1.165) is 5.56 Å². The van der Waals surface area contributed by atoms with Gasteiger partial charge in [0.15, 0.2) is 5.76 Å². The Bertz CT molecular complexity index is 716. The summed E-state index contributed by atoms with van der Waals surface area (Å²) in [5, 5.41) is 0. The Morgan fingerprint density at radius 1 is 1.16 bits per heavy atom. The van der Waals surface area contributed by atoms with Crippen LogP contribution in [0.15, 0.2) is 60.8 Å². The number of nitrogens with two attached hydrogens (primary N) is 1. The van der Waals surface area contributed by atoms with Gasteiger partial charge in [-0.15, -0.1) is 0 Å². The lowest BCUT2D eigenvalue weighted by atomic mass is 10.0. The van der Waals surface area contributed by atoms with Crippen LogP contribution in [0, 0.1) is 0 Å². The number of esters is 1. The predicted octanol–water partition coefficient (Wildman–Crippen LogP) is 3.49. The van der Waals surface area contributed by atoms with E-state index in [0.29, 0.717) is 12.8 Å². The first-order chi connectivity index (χ1) is 11.9. The first-order valence-electron chi connectivity index (χ1n) is 7.58. The second-order valence-corrected chi connectivity index (χ2v) is 5.32. The molecule has 0 radical (unpaired) electrons. The summed E-state index contributed by atoms with van der Waals surface area (Å²) < 4.78 is 41.9. The molecular weight excluding hydrogens is 333 g/mol. The number of carbonyl (C=O) groups excluding carboxylic acids is 1. The number of alkyl halides is 3. The van der Waals surface area contributed by atoms with E-state index >= 15 is 0 Å². The molecule has 0 saturated carbocycles. The Kier molecular flexibility index (Phi) is 6.30. The van der Waals surface area contributed by atoms with Crippen LogP contribution in [0.3, 0.4) is 0 Å². The fourth-order valence-electron chi connectivity index (χ4n) is 2.09. The van der Waals surface area contributed by atoms with Gasteiger partial charge < -0.3 is 10.5 Å². The summed E-state index contributed by atoms with van der Waals surface area (Å²) in [7, 11) is 0. The SMILES string of the molecule is N[C@H](/C=C(/OC(=O)C(F)(F)F)c1ccccn1)CCc1ccccc1. The molecule has 1 aromatic carbocycles. The maximum Gasteiger partial charge on any atom is 0.491 e. The Labute approximate surface area is 143 Å². The van der Waals surface area contributed by atoms with E-state index in [4.69, 9.17) is 5.73 Å². The van der Waals surface area contributed by atoms with Crippen molar-refractivity contribution in [2.24, 2.45) is 5.73 Å². The fraction of sp³-hybridized carbons (Fsp3) is 0.222. The van der Waals surface area contributed by atoms with Gasteiger partial charge in [-0.05, 0) is 36.6 Å². The molecule has 1 aromatic heterocycles. The number of rotatable bonds is 6. The summed E-state index contributed by atoms with van der Waals surface area (Å²) in [6.45, 7) is 0. The Morgan fingerprint density at radius 2 is 1.84 bits per heavy atom. The molecule has 0 aliphatic rings. The van der Waals surface area contributed by atoms with Crippen molar-refractivity contribution >= 4 is 11.7 Å². The minimum Gasteiger partial charge on any atom is -0.418 e. The van der Waals surface area contributed by atoms with Crippen molar-refractivity contribution < 1.29 is 22.7 Å². The van der Waals surface area contributed by atoms with Gasteiger partial charge in [-0.1, -0.05) is 36.4 Å². The van der Waals surface area contributed by atoms with Crippen LogP contribution in [0.4, 0.5) is 13.2 Å². The van der Waals surface area contributed by atoms with E-state index in [1.165, 1.54) is 18.3 Å². The van der Waals surface area contributed by atoms with Crippen LogP contribution in [0.5, 0.6) is 0 Å². The molecule has 0 aliphatic carbocycles. The van der Waals surface area contributed by atoms with Crippen molar-refractivity contribution in [2.75, 3.05) is 0 Å². The number of pyridine rings is 1. The molecular formula is C18H17F3N2O2. The number of hydrogen-bond acceptors (Lipinski definition) is 4. The molecule has 25 heavy (non-hydrogen) atoms. The van der Waals surface area contributed by atoms with Gasteiger partial charge in [0.25, 0.3) is 0 Å². The Balaban J connectivity index is 2.13. The molecule has 0 unspecified atom stereocenters. The highest BCUT2D eigenvalue weighted by atomic mass is 19.4. The standard InChI is InChI=1S/C18H17F3N2O2/c19-18(20,21)17(24)25-16(15-8-4-5-11-23-15)12-14(22)10-9-13-6-2-1-3-7-13/h1-8,11-12,14H,9-10,22H2/b16-12+/t14-/m0/s1. The molecule has 132 valence electrons. The summed E-state index contributed by atoms with van der Waals surface area (Å²) in [4.78, 5) is 15.1. The number of aryl methyl sites for hydroxylation is 1. The summed E-state index contributed by atoms with van der Waals surface area (Å²) in [6, 6.07) is 13.5. The zero-order chi connectivity index (χ0) is 18.3. The van der Waals surface area contributed by atoms with Gasteiger partial charge in [-0.3, -0.25) is 4.98 Å². The predicted molar refractivity (Wildman–Crippen MR) is 87.1 cm³/mol. The first-order valence-corrected chi connectivity index (χ1v) is 7.58. The highest BCUT2D eigenvalue weighted by molar-refractivity contribution is 5.81. The van der Waals surface area contributed by atoms with E-state index in [1.54, 1.807) is 12.1 Å². The number of halogens is 3. The molecule has 1 heterocycles. The molecule has 4 nitrogen and oxygen atoms in total. The summed E-state index contributed by atoms with van der Waals surface area (Å²) in [5.74, 6) is -2.61. The van der Waals surface area contributed by atoms with Crippen LogP contribution in [0.1, 0.15) is 17.7 Å². The second kappa shape index (κ2) is 8.43. The molecule has 1 atom stereocenters. The fourth-order valence-corrected chi connectivity index (χ4v) is 2.09. The van der Waals surface area contributed by atoms with Crippen molar-refractivity contribution in [2.45, 2.75) is 25.1 Å². The van der Waals surface area contributed by atoms with E-state index in [1.807, 2.05) is 30.3 Å². The average molecular weight is 350 g/mol. The lowest BCUT2D eigenvalue weighted by Crippen LogP contribution is -2.26. The quantitative estimate of drug-likeness (QED) is 0.640. The highest BCUT2D eigenvalue weighted by Gasteiger charge is 2.42. The lowest BCUT2D eigenvalue weighted by molar-refractivity contribution is -0.192. The zero-order valence-electron chi connectivity index (χ0n) is 13.2. The molecule has 2 N–H and O–H groups in total. The van der Waals surface area contributed by atoms with Gasteiger partial charge in [0, 0.05) is 12.2 Å². The largest absolute Gasteiger partial charge is 0.491 e. The molecule has 0 spiro atoms. The van der Waals surface area contributed by atoms with Crippen molar-refractivity contribution in [1.29, 1.82) is 0 Å². The van der Waals surface area contributed by atoms with Crippen LogP contribution in [0.2, 0.25) is 0 Å². The molecule has 0 aliphatic heterocycles. The van der Waals surface area contributed by atoms with E-state index in [2.05, 4.69) is 9.72 Å². The summed E-state index contributed by atoms with van der Waals surface area (Å²) in [5.41, 5.74) is 7.13. The number of ether oxygens (including phenoxy) is 1. The molecule has 0 bridgehead atoms. The van der Waals surface area contributed by atoms with Crippen LogP contribution in [-0.4, -0.2) is 23.2 Å². The smallest absolute Gasteiger partial charge is 0.418 e. The van der Waals surface area contributed by atoms with E-state index in [-0.39, 0.29) is 11.5 Å². The summed E-state index contributed by atoms with van der Waals surface area (Å²) >= 11 is 0. The van der Waals surface area contributed by atoms with Gasteiger partial charge in [-0.25, -0.2) is 4.79 Å². The molecule has 0 fully saturated rings. The maximum atomic E-state index is 12.5. The van der Waals surface area contributed by atoms with Crippen LogP contribution < -0.4 is 5.73 Å². The van der Waals surface area contributed by atoms with Gasteiger partial charge in [0.2, 0.25) is 0 Å². The summed E-state index contributed by atoms with van der Waals surface area (Å²) in [6.07, 6.45) is -1.30. The number of carbonyl (C=O) groups is 1. The number of hydrogen-bond donors (Lipinski definition) is 1. The third kappa shape index (κ3) is 6.04. The van der Waals surface area contributed by atoms with Crippen LogP contribution in [0.25, 0.3) is 5.76 Å². The molecule has 2 aromatic rings. The Hall–Kier alpha value is -2.67. The lowest BCUT2D eigenvalue weighted by Gasteiger charge is -2.13. The van der Waals surface area contributed by atoms with Crippen molar-refractivity contribution in [1.82, 2.24) is 4.98 Å². The van der Waals surface area contributed by atoms with Crippen molar-refractivity contribution in [3.8, 4) is 0 Å². The maximum absolute atomic E-state index is 12.5. The number of nitrogens with zero attached hydrogens (tertiary/aromatic N) is 1. The van der Waals surface area contributed by atoms with E-state index in [9.17, 15) is 18.0 Å². The topological polar surface area (TPSA) is 65.2 Å². The molecule has 7 heteroatoms. The second-order valence-electron chi connectivity index (χ2n) is 5.32. The first kappa shape index (κ1) is 18.7. The van der Waals surface area contributed by atoms with Gasteiger partial charge in [-0.2, -0.15) is 13.2 Å². The molecule has 2 rings (SSSR count). The van der Waals surface area contributed by atoms with Crippen LogP contribution >= 0.6 is 0 Å². The molecule has 0 amide bonds. The van der Waals surface area contributed by atoms with E-state index < -0.39 is 18.2 Å². The van der Waals surface area contributed by atoms with Crippen molar-refractivity contribution in [3.05, 3.63) is 72.1 Å². The minimum atomic E-state index is -5.10. The third-order valence-electron chi connectivity index (χ3n) is 3.33. The zero-order valence-corrected chi connectivity index (χ0v) is 13.2. The number of aromatic nitrogens is 1. The van der Waals surface area contributed by atoms with Gasteiger partial charge >= 0.3 is 12.1 Å². The normalized spacial score (nSPS) is 13.4. The van der Waals surface area contributed by atoms with Crippen LogP contribution in [-0.2, 0) is 16.0 Å². The van der Waals surface area contributed by atoms with Gasteiger partial charge in [0.05, 0.1) is 0 Å². The average Bonchev–Trinajstić information content (AvgIpc) is 2.60. The highest BCUT2D eigenvalue weighted by Crippen LogP contribution is 2.23. The monoisotopic (exact) mass is 350 g/mol. The Morgan fingerprint density at radius 3 is 2.44 bits per heavy atom. The van der Waals surface area contributed by atoms with Crippen molar-refractivity contribution in [3.63, 3.8) is 0 Å². The van der Waals surface area contributed by atoms with Gasteiger partial charge in [0.1, 0.15) is 5.69 Å². The minimum absolute atomic E-state index is 0.107. The molecule has 0 saturated heterocycles.